The van der Waals surface area contributed by atoms with Crippen LogP contribution in [0, 0.1) is 0 Å². The molecule has 1 heterocycles. The fourth-order valence-electron chi connectivity index (χ4n) is 2.20. The van der Waals surface area contributed by atoms with Crippen LogP contribution >= 0.6 is 0 Å². The lowest BCUT2D eigenvalue weighted by atomic mass is 10.1. The molecule has 17 heavy (non-hydrogen) atoms. The minimum absolute atomic E-state index is 0.0322. The van der Waals surface area contributed by atoms with E-state index in [2.05, 4.69) is 0 Å². The summed E-state index contributed by atoms with van der Waals surface area (Å²) in [5.41, 5.74) is 6.45. The molecular formula is C13H16N2O2. The van der Waals surface area contributed by atoms with E-state index in [9.17, 15) is 9.59 Å². The minimum Gasteiger partial charge on any atom is -0.368 e. The largest absolute Gasteiger partial charge is 0.368 e. The molecule has 1 fully saturated rings. The van der Waals surface area contributed by atoms with Crippen LogP contribution in [0.2, 0.25) is 0 Å². The molecular weight excluding hydrogens is 216 g/mol. The molecule has 0 spiro atoms. The van der Waals surface area contributed by atoms with Crippen LogP contribution in [-0.4, -0.2) is 29.3 Å². The van der Waals surface area contributed by atoms with E-state index in [1.54, 1.807) is 4.90 Å². The number of likely N-dealkylation sites (tertiary alicyclic amines) is 1. The molecule has 2 N–H and O–H groups in total. The first-order valence-corrected chi connectivity index (χ1v) is 5.81. The van der Waals surface area contributed by atoms with Gasteiger partial charge in [0.1, 0.15) is 6.04 Å². The Balaban J connectivity index is 1.98. The molecule has 0 saturated carbocycles. The molecule has 1 aliphatic rings. The smallest absolute Gasteiger partial charge is 0.240 e. The maximum absolute atomic E-state index is 11.6. The number of nitrogens with zero attached hydrogens (tertiary/aromatic N) is 1. The van der Waals surface area contributed by atoms with E-state index in [1.165, 1.54) is 0 Å². The lowest BCUT2D eigenvalue weighted by Crippen LogP contribution is -2.43. The number of rotatable bonds is 4. The van der Waals surface area contributed by atoms with Gasteiger partial charge < -0.3 is 10.6 Å². The molecule has 4 nitrogen and oxygen atoms in total. The minimum atomic E-state index is -0.411. The summed E-state index contributed by atoms with van der Waals surface area (Å²) >= 11 is 0. The van der Waals surface area contributed by atoms with E-state index in [1.807, 2.05) is 30.3 Å². The second-order valence-electron chi connectivity index (χ2n) is 4.28. The van der Waals surface area contributed by atoms with Crippen molar-refractivity contribution in [3.8, 4) is 0 Å². The van der Waals surface area contributed by atoms with Gasteiger partial charge in [-0.3, -0.25) is 9.59 Å². The molecule has 4 heteroatoms. The summed E-state index contributed by atoms with van der Waals surface area (Å²) in [6.07, 6.45) is 1.75. The van der Waals surface area contributed by atoms with E-state index in [-0.39, 0.29) is 5.91 Å². The highest BCUT2D eigenvalue weighted by molar-refractivity contribution is 5.89. The first-order valence-electron chi connectivity index (χ1n) is 5.81. The van der Waals surface area contributed by atoms with Gasteiger partial charge in [-0.15, -0.1) is 0 Å². The first-order chi connectivity index (χ1) is 8.18. The number of primary amides is 1. The number of hydrogen-bond donors (Lipinski definition) is 1. The van der Waals surface area contributed by atoms with Crippen LogP contribution < -0.4 is 5.73 Å². The van der Waals surface area contributed by atoms with Crippen molar-refractivity contribution in [3.05, 3.63) is 35.9 Å². The molecule has 1 aromatic carbocycles. The van der Waals surface area contributed by atoms with Crippen LogP contribution in [0.4, 0.5) is 0 Å². The van der Waals surface area contributed by atoms with Crippen molar-refractivity contribution in [2.24, 2.45) is 5.73 Å². The monoisotopic (exact) mass is 232 g/mol. The van der Waals surface area contributed by atoms with Crippen LogP contribution in [-0.2, 0) is 16.0 Å². The highest BCUT2D eigenvalue weighted by atomic mass is 16.2. The van der Waals surface area contributed by atoms with Gasteiger partial charge >= 0.3 is 0 Å². The third kappa shape index (κ3) is 2.64. The Morgan fingerprint density at radius 3 is 2.71 bits per heavy atom. The van der Waals surface area contributed by atoms with Crippen molar-refractivity contribution in [1.29, 1.82) is 0 Å². The Morgan fingerprint density at radius 2 is 2.06 bits per heavy atom. The zero-order valence-electron chi connectivity index (χ0n) is 9.63. The summed E-state index contributed by atoms with van der Waals surface area (Å²) in [6, 6.07) is 9.50. The molecule has 1 aromatic rings. The Bertz CT molecular complexity index is 417. The van der Waals surface area contributed by atoms with Crippen LogP contribution in [0.5, 0.6) is 0 Å². The van der Waals surface area contributed by atoms with Crippen LogP contribution in [0.15, 0.2) is 30.3 Å². The zero-order chi connectivity index (χ0) is 12.3. The first kappa shape index (κ1) is 11.6. The number of benzene rings is 1. The van der Waals surface area contributed by atoms with Gasteiger partial charge in [0.05, 0.1) is 0 Å². The van der Waals surface area contributed by atoms with Crippen LogP contribution in [0.1, 0.15) is 18.4 Å². The highest BCUT2D eigenvalue weighted by Crippen LogP contribution is 2.18. The van der Waals surface area contributed by atoms with Gasteiger partial charge in [0.25, 0.3) is 0 Å². The van der Waals surface area contributed by atoms with E-state index in [0.29, 0.717) is 19.4 Å². The van der Waals surface area contributed by atoms with Gasteiger partial charge in [-0.1, -0.05) is 30.3 Å². The van der Waals surface area contributed by atoms with Crippen molar-refractivity contribution in [2.45, 2.75) is 25.3 Å². The predicted molar refractivity (Wildman–Crippen MR) is 64.1 cm³/mol. The molecule has 90 valence electrons. The van der Waals surface area contributed by atoms with E-state index in [4.69, 9.17) is 5.73 Å². The van der Waals surface area contributed by atoms with Gasteiger partial charge in [-0.05, 0) is 18.4 Å². The number of carbonyl (C=O) groups is 2. The van der Waals surface area contributed by atoms with E-state index in [0.717, 1.165) is 12.0 Å². The standard InChI is InChI=1S/C13H16N2O2/c14-13(17)11-6-7-12(16)15(11)9-8-10-4-2-1-3-5-10/h1-5,11H,6-9H2,(H2,14,17). The van der Waals surface area contributed by atoms with Crippen molar-refractivity contribution >= 4 is 11.8 Å². The quantitative estimate of drug-likeness (QED) is 0.830. The SMILES string of the molecule is NC(=O)C1CCC(=O)N1CCc1ccccc1. The number of amides is 2. The second kappa shape index (κ2) is 4.99. The highest BCUT2D eigenvalue weighted by Gasteiger charge is 2.34. The lowest BCUT2D eigenvalue weighted by Gasteiger charge is -2.22. The zero-order valence-corrected chi connectivity index (χ0v) is 9.63. The second-order valence-corrected chi connectivity index (χ2v) is 4.28. The summed E-state index contributed by atoms with van der Waals surface area (Å²) in [4.78, 5) is 24.4. The maximum Gasteiger partial charge on any atom is 0.240 e. The molecule has 1 saturated heterocycles. The molecule has 0 bridgehead atoms. The summed E-state index contributed by atoms with van der Waals surface area (Å²) < 4.78 is 0. The summed E-state index contributed by atoms with van der Waals surface area (Å²) in [7, 11) is 0. The molecule has 2 rings (SSSR count). The average Bonchev–Trinajstić information content (AvgIpc) is 2.69. The Labute approximate surface area is 100 Å². The fourth-order valence-corrected chi connectivity index (χ4v) is 2.20. The molecule has 0 radical (unpaired) electrons. The third-order valence-corrected chi connectivity index (χ3v) is 3.14. The topological polar surface area (TPSA) is 63.4 Å². The van der Waals surface area contributed by atoms with Crippen molar-refractivity contribution in [3.63, 3.8) is 0 Å². The van der Waals surface area contributed by atoms with Crippen molar-refractivity contribution in [2.75, 3.05) is 6.54 Å². The molecule has 1 atom stereocenters. The summed E-state index contributed by atoms with van der Waals surface area (Å²) in [6.45, 7) is 0.566. The molecule has 1 unspecified atom stereocenters. The van der Waals surface area contributed by atoms with Gasteiger partial charge in [0, 0.05) is 13.0 Å². The number of hydrogen-bond acceptors (Lipinski definition) is 2. The number of carbonyl (C=O) groups excluding carboxylic acids is 2. The van der Waals surface area contributed by atoms with E-state index < -0.39 is 11.9 Å². The van der Waals surface area contributed by atoms with Gasteiger partial charge in [-0.25, -0.2) is 0 Å². The third-order valence-electron chi connectivity index (χ3n) is 3.14. The van der Waals surface area contributed by atoms with E-state index >= 15 is 0 Å². The van der Waals surface area contributed by atoms with Crippen molar-refractivity contribution in [1.82, 2.24) is 4.90 Å². The van der Waals surface area contributed by atoms with Crippen molar-refractivity contribution < 1.29 is 9.59 Å². The lowest BCUT2D eigenvalue weighted by molar-refractivity contribution is -0.133. The number of nitrogens with two attached hydrogens (primary N) is 1. The van der Waals surface area contributed by atoms with Gasteiger partial charge in [-0.2, -0.15) is 0 Å². The summed E-state index contributed by atoms with van der Waals surface area (Å²) in [5.74, 6) is -0.367. The Kier molecular flexibility index (Phi) is 3.42. The van der Waals surface area contributed by atoms with Crippen LogP contribution in [0.25, 0.3) is 0 Å². The molecule has 2 amide bonds. The average molecular weight is 232 g/mol. The Hall–Kier alpha value is -1.84. The normalized spacial score (nSPS) is 19.6. The van der Waals surface area contributed by atoms with Crippen LogP contribution in [0.3, 0.4) is 0 Å². The van der Waals surface area contributed by atoms with Gasteiger partial charge in [0.15, 0.2) is 0 Å². The maximum atomic E-state index is 11.6. The molecule has 1 aliphatic heterocycles. The summed E-state index contributed by atoms with van der Waals surface area (Å²) in [5, 5.41) is 0. The Morgan fingerprint density at radius 1 is 1.35 bits per heavy atom. The fraction of sp³-hybridized carbons (Fsp3) is 0.385. The molecule has 0 aliphatic carbocycles. The van der Waals surface area contributed by atoms with Gasteiger partial charge in [0.2, 0.25) is 11.8 Å². The molecule has 0 aromatic heterocycles. The predicted octanol–water partition coefficient (Wildman–Crippen LogP) is 0.705.